The largest absolute Gasteiger partial charge is 0.456 e. The summed E-state index contributed by atoms with van der Waals surface area (Å²) in [6.45, 7) is 6.59. The van der Waals surface area contributed by atoms with Crippen molar-refractivity contribution >= 4 is 23.3 Å². The van der Waals surface area contributed by atoms with E-state index in [4.69, 9.17) is 21.1 Å². The molecule has 2 aromatic carbocycles. The van der Waals surface area contributed by atoms with E-state index < -0.39 is 64.7 Å². The van der Waals surface area contributed by atoms with E-state index >= 15 is 8.78 Å². The summed E-state index contributed by atoms with van der Waals surface area (Å²) < 4.78 is 85.5. The van der Waals surface area contributed by atoms with Crippen molar-refractivity contribution in [3.8, 4) is 0 Å². The van der Waals surface area contributed by atoms with Gasteiger partial charge in [0.2, 0.25) is 0 Å². The van der Waals surface area contributed by atoms with Crippen LogP contribution < -0.4 is 10.6 Å². The Morgan fingerprint density at radius 2 is 1.58 bits per heavy atom. The van der Waals surface area contributed by atoms with Gasteiger partial charge in [0.05, 0.1) is 18.8 Å². The molecule has 4 N–H and O–H groups in total. The van der Waals surface area contributed by atoms with E-state index in [1.54, 1.807) is 48.5 Å². The molecule has 284 valence electrons. The van der Waals surface area contributed by atoms with Gasteiger partial charge in [-0.05, 0) is 91.3 Å². The van der Waals surface area contributed by atoms with Crippen LogP contribution in [0.2, 0.25) is 5.02 Å². The molecule has 4 aliphatic carbocycles. The van der Waals surface area contributed by atoms with Gasteiger partial charge in [-0.1, -0.05) is 62.2 Å². The molecule has 7 rings (SSSR count). The predicted octanol–water partition coefficient (Wildman–Crippen LogP) is 8.88. The second-order valence-electron chi connectivity index (χ2n) is 16.7. The van der Waals surface area contributed by atoms with E-state index in [0.717, 1.165) is 16.7 Å². The number of urea groups is 1. The third kappa shape index (κ3) is 6.14. The molecule has 1 heterocycles. The minimum Gasteiger partial charge on any atom is -0.385 e. The van der Waals surface area contributed by atoms with Gasteiger partial charge in [0, 0.05) is 46.8 Å². The molecule has 6 atom stereocenters. The maximum atomic E-state index is 15.4. The summed E-state index contributed by atoms with van der Waals surface area (Å²) in [5.74, 6) is -7.97. The molecular weight excluding hydrogens is 707 g/mol. The number of hydrogen-bond acceptors (Lipinski definition) is 5. The quantitative estimate of drug-likeness (QED) is 0.181. The number of carbonyl (C=O) groups is 1. The lowest BCUT2D eigenvalue weighted by atomic mass is 9.49. The van der Waals surface area contributed by atoms with Crippen molar-refractivity contribution in [3.63, 3.8) is 0 Å². The van der Waals surface area contributed by atoms with Crippen LogP contribution in [-0.2, 0) is 16.0 Å². The number of fused-ring (bicyclic) bond motifs is 4. The van der Waals surface area contributed by atoms with Crippen molar-refractivity contribution < 1.29 is 46.4 Å². The molecule has 0 bridgehead atoms. The third-order valence-electron chi connectivity index (χ3n) is 12.8. The third-order valence-corrected chi connectivity index (χ3v) is 13.1. The first-order valence-electron chi connectivity index (χ1n) is 18.0. The zero-order chi connectivity index (χ0) is 37.5. The van der Waals surface area contributed by atoms with E-state index in [0.29, 0.717) is 48.7 Å². The zero-order valence-electron chi connectivity index (χ0n) is 29.5. The number of alkyl halides is 5. The Kier molecular flexibility index (Phi) is 9.13. The van der Waals surface area contributed by atoms with Crippen molar-refractivity contribution in [1.29, 1.82) is 0 Å². The van der Waals surface area contributed by atoms with Crippen LogP contribution in [0.4, 0.5) is 32.4 Å². The molecule has 0 unspecified atom stereocenters. The number of allylic oxidation sites excluding steroid dienone is 1. The van der Waals surface area contributed by atoms with Crippen molar-refractivity contribution in [2.24, 2.45) is 22.7 Å². The SMILES string of the molecule is CC1(C)COC2(CCC3=C4[C@@H](CC[C@@]3(O)C2)[C@@H]2CC[C@@](O)(C(F)(F)C(F)(F)F)[C@@]2(C)C[C@@H]4c2ccc(CNC(=O)Nc3ccc(Cl)cc3)cc2)OC1. The molecule has 2 aromatic rings. The van der Waals surface area contributed by atoms with Gasteiger partial charge < -0.3 is 30.3 Å². The average molecular weight is 753 g/mol. The smallest absolute Gasteiger partial charge is 0.385 e. The van der Waals surface area contributed by atoms with E-state index in [2.05, 4.69) is 10.6 Å². The summed E-state index contributed by atoms with van der Waals surface area (Å²) in [6, 6.07) is 13.4. The maximum absolute atomic E-state index is 15.4. The molecule has 3 saturated carbocycles. The minimum atomic E-state index is -5.93. The molecule has 1 saturated heterocycles. The summed E-state index contributed by atoms with van der Waals surface area (Å²) in [5.41, 5.74) is -2.91. The Labute approximate surface area is 305 Å². The summed E-state index contributed by atoms with van der Waals surface area (Å²) in [5, 5.41) is 30.0. The van der Waals surface area contributed by atoms with Crippen molar-refractivity contribution in [2.45, 2.75) is 114 Å². The second-order valence-corrected chi connectivity index (χ2v) is 17.2. The van der Waals surface area contributed by atoms with Crippen LogP contribution in [0.25, 0.3) is 0 Å². The normalized spacial score (nSPS) is 33.9. The highest BCUT2D eigenvalue weighted by atomic mass is 35.5. The molecule has 5 aliphatic rings. The molecule has 52 heavy (non-hydrogen) atoms. The van der Waals surface area contributed by atoms with Gasteiger partial charge in [0.15, 0.2) is 5.79 Å². The van der Waals surface area contributed by atoms with Gasteiger partial charge in [0.1, 0.15) is 5.60 Å². The van der Waals surface area contributed by atoms with Crippen LogP contribution >= 0.6 is 11.6 Å². The number of rotatable bonds is 5. The number of amides is 2. The summed E-state index contributed by atoms with van der Waals surface area (Å²) in [4.78, 5) is 12.5. The van der Waals surface area contributed by atoms with E-state index in [1.807, 2.05) is 13.8 Å². The van der Waals surface area contributed by atoms with Crippen LogP contribution in [0.15, 0.2) is 59.7 Å². The molecule has 1 spiro atoms. The summed E-state index contributed by atoms with van der Waals surface area (Å²) >= 11 is 5.92. The molecule has 0 radical (unpaired) electrons. The van der Waals surface area contributed by atoms with Gasteiger partial charge in [0.25, 0.3) is 0 Å². The number of anilines is 1. The molecule has 2 amide bonds. The zero-order valence-corrected chi connectivity index (χ0v) is 30.3. The maximum Gasteiger partial charge on any atom is 0.456 e. The lowest BCUT2D eigenvalue weighted by Crippen LogP contribution is -2.65. The standard InChI is InChI=1S/C39H46ClF5N2O5/c1-33(2)21-51-36(52-22-33)16-13-30-31-27(12-15-35(30,49)20-36)29-14-17-37(50,38(41,42)39(43,44)45)34(29,3)18-28(31)24-6-4-23(5-7-24)19-46-32(48)47-26-10-8-25(40)9-11-26/h4-11,27-29,49-50H,12-22H2,1-3H3,(H2,46,47,48)/t27-,28+,29-,34-,35+,37-/m0/s1. The number of halogens is 6. The topological polar surface area (TPSA) is 100 Å². The van der Waals surface area contributed by atoms with Gasteiger partial charge in [-0.15, -0.1) is 0 Å². The fourth-order valence-electron chi connectivity index (χ4n) is 10.1. The van der Waals surface area contributed by atoms with E-state index in [1.165, 1.54) is 6.92 Å². The van der Waals surface area contributed by atoms with Crippen molar-refractivity contribution in [3.05, 3.63) is 75.8 Å². The lowest BCUT2D eigenvalue weighted by molar-refractivity contribution is -0.362. The highest BCUT2D eigenvalue weighted by Gasteiger charge is 2.79. The number of ether oxygens (including phenoxy) is 2. The van der Waals surface area contributed by atoms with Crippen LogP contribution in [-0.4, -0.2) is 58.5 Å². The molecule has 13 heteroatoms. The molecule has 4 fully saturated rings. The lowest BCUT2D eigenvalue weighted by Gasteiger charge is -2.59. The van der Waals surface area contributed by atoms with Gasteiger partial charge in [-0.3, -0.25) is 0 Å². The number of benzene rings is 2. The van der Waals surface area contributed by atoms with Crippen LogP contribution in [0, 0.1) is 22.7 Å². The fraction of sp³-hybridized carbons (Fsp3) is 0.615. The number of nitrogens with one attached hydrogen (secondary N) is 2. The van der Waals surface area contributed by atoms with Crippen molar-refractivity contribution in [1.82, 2.24) is 5.32 Å². The Morgan fingerprint density at radius 3 is 2.21 bits per heavy atom. The van der Waals surface area contributed by atoms with Crippen LogP contribution in [0.3, 0.4) is 0 Å². The Bertz CT molecular complexity index is 1720. The number of carbonyl (C=O) groups excluding carboxylic acids is 1. The van der Waals surface area contributed by atoms with E-state index in [9.17, 15) is 28.2 Å². The number of hydrogen-bond donors (Lipinski definition) is 4. The summed E-state index contributed by atoms with van der Waals surface area (Å²) in [7, 11) is 0. The fourth-order valence-corrected chi connectivity index (χ4v) is 10.2. The van der Waals surface area contributed by atoms with Gasteiger partial charge in [-0.2, -0.15) is 22.0 Å². The molecule has 0 aromatic heterocycles. The Hall–Kier alpha value is -2.77. The molecule has 1 aliphatic heterocycles. The first-order valence-corrected chi connectivity index (χ1v) is 18.4. The molecule has 7 nitrogen and oxygen atoms in total. The Morgan fingerprint density at radius 1 is 0.923 bits per heavy atom. The first-order chi connectivity index (χ1) is 24.2. The first kappa shape index (κ1) is 37.5. The monoisotopic (exact) mass is 752 g/mol. The molecular formula is C39H46ClF5N2O5. The predicted molar refractivity (Wildman–Crippen MR) is 185 cm³/mol. The minimum absolute atomic E-state index is 0.0131. The highest BCUT2D eigenvalue weighted by molar-refractivity contribution is 6.30. The Balaban J connectivity index is 1.21. The van der Waals surface area contributed by atoms with E-state index in [-0.39, 0.29) is 37.6 Å². The van der Waals surface area contributed by atoms with Crippen LogP contribution in [0.1, 0.15) is 89.2 Å². The van der Waals surface area contributed by atoms with Gasteiger partial charge >= 0.3 is 18.1 Å². The number of aliphatic hydroxyl groups is 2. The van der Waals surface area contributed by atoms with Crippen LogP contribution in [0.5, 0.6) is 0 Å². The van der Waals surface area contributed by atoms with Crippen molar-refractivity contribution in [2.75, 3.05) is 18.5 Å². The summed E-state index contributed by atoms with van der Waals surface area (Å²) in [6.07, 6.45) is -4.99. The second kappa shape index (κ2) is 12.6. The van der Waals surface area contributed by atoms with Gasteiger partial charge in [-0.25, -0.2) is 4.79 Å². The highest BCUT2D eigenvalue weighted by Crippen LogP contribution is 2.71. The average Bonchev–Trinajstić information content (AvgIpc) is 3.36.